The van der Waals surface area contributed by atoms with Crippen molar-refractivity contribution in [3.63, 3.8) is 0 Å². The van der Waals surface area contributed by atoms with E-state index in [0.717, 1.165) is 88.1 Å². The third-order valence-corrected chi connectivity index (χ3v) is 12.9. The van der Waals surface area contributed by atoms with Gasteiger partial charge in [0.2, 0.25) is 0 Å². The lowest BCUT2D eigenvalue weighted by Gasteiger charge is -2.22. The van der Waals surface area contributed by atoms with Crippen molar-refractivity contribution in [2.45, 2.75) is 19.3 Å². The van der Waals surface area contributed by atoms with Crippen LogP contribution in [0.1, 0.15) is 25.0 Å². The zero-order valence-corrected chi connectivity index (χ0v) is 32.4. The number of hydrogen-bond donors (Lipinski definition) is 0. The third kappa shape index (κ3) is 4.66. The van der Waals surface area contributed by atoms with Gasteiger partial charge in [-0.05, 0) is 104 Å². The van der Waals surface area contributed by atoms with Crippen molar-refractivity contribution in [2.75, 3.05) is 0 Å². The average molecular weight is 755 g/mol. The quantitative estimate of drug-likeness (QED) is 0.169. The summed E-state index contributed by atoms with van der Waals surface area (Å²) in [5, 5.41) is 8.82. The summed E-state index contributed by atoms with van der Waals surface area (Å²) in [6.07, 6.45) is 1.91. The second-order valence-corrected chi connectivity index (χ2v) is 16.5. The van der Waals surface area contributed by atoms with Crippen molar-refractivity contribution in [1.82, 2.24) is 9.97 Å². The number of hydrogen-bond acceptors (Lipinski definition) is 4. The SMILES string of the molecule is CC1(C)c2ccccc2-c2ccc(-c3ccc4oc5cc6c(cc5c4c3)oc3ccc(-c4cccc(-c5cnc7c8ccccc8c8ccccc8c7n5)c4)cc36)cc21. The normalized spacial score (nSPS) is 13.4. The van der Waals surface area contributed by atoms with Gasteiger partial charge in [0.15, 0.2) is 0 Å². The predicted octanol–water partition coefficient (Wildman–Crippen LogP) is 15.0. The first kappa shape index (κ1) is 32.5. The lowest BCUT2D eigenvalue weighted by atomic mass is 9.81. The molecule has 1 aliphatic carbocycles. The van der Waals surface area contributed by atoms with Crippen LogP contribution in [0, 0.1) is 0 Å². The highest BCUT2D eigenvalue weighted by molar-refractivity contribution is 6.23. The molecule has 0 bridgehead atoms. The Morgan fingerprint density at radius 1 is 0.373 bits per heavy atom. The molecule has 4 nitrogen and oxygen atoms in total. The highest BCUT2D eigenvalue weighted by Gasteiger charge is 2.35. The molecule has 0 amide bonds. The van der Waals surface area contributed by atoms with Gasteiger partial charge in [0, 0.05) is 43.3 Å². The maximum atomic E-state index is 6.53. The van der Waals surface area contributed by atoms with Gasteiger partial charge in [0.1, 0.15) is 22.3 Å². The molecule has 59 heavy (non-hydrogen) atoms. The van der Waals surface area contributed by atoms with Crippen LogP contribution < -0.4 is 0 Å². The van der Waals surface area contributed by atoms with E-state index in [2.05, 4.69) is 178 Å². The molecule has 0 saturated heterocycles. The summed E-state index contributed by atoms with van der Waals surface area (Å²) in [4.78, 5) is 10.3. The molecule has 3 heterocycles. The predicted molar refractivity (Wildman–Crippen MR) is 243 cm³/mol. The third-order valence-electron chi connectivity index (χ3n) is 12.9. The van der Waals surface area contributed by atoms with E-state index in [4.69, 9.17) is 18.8 Å². The number of fused-ring (bicyclic) bond motifs is 15. The summed E-state index contributed by atoms with van der Waals surface area (Å²) in [7, 11) is 0. The van der Waals surface area contributed by atoms with Crippen LogP contribution in [0.2, 0.25) is 0 Å². The minimum Gasteiger partial charge on any atom is -0.456 e. The Hall–Kier alpha value is -7.56. The number of benzene rings is 9. The summed E-state index contributed by atoms with van der Waals surface area (Å²) in [5.74, 6) is 0. The molecule has 276 valence electrons. The average Bonchev–Trinajstić information content (AvgIpc) is 3.91. The van der Waals surface area contributed by atoms with Crippen molar-refractivity contribution < 1.29 is 8.83 Å². The number of aromatic nitrogens is 2. The highest BCUT2D eigenvalue weighted by Crippen LogP contribution is 2.50. The number of furan rings is 2. The molecule has 9 aromatic carbocycles. The van der Waals surface area contributed by atoms with E-state index in [1.807, 2.05) is 6.20 Å². The highest BCUT2D eigenvalue weighted by atomic mass is 16.3. The van der Waals surface area contributed by atoms with Crippen molar-refractivity contribution in [2.24, 2.45) is 0 Å². The first-order valence-electron chi connectivity index (χ1n) is 20.2. The van der Waals surface area contributed by atoms with Crippen LogP contribution in [0.3, 0.4) is 0 Å². The van der Waals surface area contributed by atoms with Crippen molar-refractivity contribution in [3.8, 4) is 44.6 Å². The van der Waals surface area contributed by atoms with Crippen molar-refractivity contribution >= 4 is 76.5 Å². The lowest BCUT2D eigenvalue weighted by molar-refractivity contribution is 0.660. The van der Waals surface area contributed by atoms with E-state index >= 15 is 0 Å². The van der Waals surface area contributed by atoms with Gasteiger partial charge in [-0.3, -0.25) is 4.98 Å². The Kier molecular flexibility index (Phi) is 6.48. The van der Waals surface area contributed by atoms with E-state index in [1.54, 1.807) is 0 Å². The fraction of sp³-hybridized carbons (Fsp3) is 0.0545. The van der Waals surface area contributed by atoms with Crippen LogP contribution in [0.4, 0.5) is 0 Å². The molecule has 12 aromatic rings. The largest absolute Gasteiger partial charge is 0.456 e. The monoisotopic (exact) mass is 754 g/mol. The smallest absolute Gasteiger partial charge is 0.136 e. The number of rotatable bonds is 3. The summed E-state index contributed by atoms with van der Waals surface area (Å²) >= 11 is 0. The van der Waals surface area contributed by atoms with Crippen LogP contribution >= 0.6 is 0 Å². The molecule has 0 atom stereocenters. The summed E-state index contributed by atoms with van der Waals surface area (Å²) in [6.45, 7) is 4.66. The molecular weight excluding hydrogens is 721 g/mol. The standard InChI is InChI=1S/C55H34N2O2/c1-55(2)46-17-8-7-14-38(46)39-21-18-34(27-47(39)55)33-20-23-50-43(26-33)45-29-51-44(28-52(45)59-50)42-25-32(19-22-49(42)58-51)31-10-9-11-35(24-31)48-30-56-53-40-15-5-3-12-36(40)37-13-4-6-16-41(37)54(53)57-48/h3-30H,1-2H3. The molecule has 0 aliphatic heterocycles. The van der Waals surface area contributed by atoms with Gasteiger partial charge in [-0.1, -0.05) is 129 Å². The summed E-state index contributed by atoms with van der Waals surface area (Å²) in [6, 6.07) is 58.5. The molecule has 0 N–H and O–H groups in total. The molecule has 0 fully saturated rings. The molecule has 1 aliphatic rings. The van der Waals surface area contributed by atoms with Crippen LogP contribution in [0.15, 0.2) is 179 Å². The van der Waals surface area contributed by atoms with Gasteiger partial charge < -0.3 is 8.83 Å². The van der Waals surface area contributed by atoms with E-state index in [9.17, 15) is 0 Å². The molecule has 0 unspecified atom stereocenters. The molecule has 3 aromatic heterocycles. The Bertz CT molecular complexity index is 3740. The van der Waals surface area contributed by atoms with Crippen molar-refractivity contribution in [1.29, 1.82) is 0 Å². The van der Waals surface area contributed by atoms with Crippen LogP contribution in [0.5, 0.6) is 0 Å². The lowest BCUT2D eigenvalue weighted by Crippen LogP contribution is -2.14. The van der Waals surface area contributed by atoms with Crippen LogP contribution in [0.25, 0.3) is 121 Å². The Balaban J connectivity index is 0.883. The minimum atomic E-state index is -0.0539. The van der Waals surface area contributed by atoms with Gasteiger partial charge in [0.25, 0.3) is 0 Å². The zero-order chi connectivity index (χ0) is 39.0. The first-order valence-corrected chi connectivity index (χ1v) is 20.2. The van der Waals surface area contributed by atoms with Crippen LogP contribution in [-0.4, -0.2) is 9.97 Å². The fourth-order valence-electron chi connectivity index (χ4n) is 9.91. The summed E-state index contributed by atoms with van der Waals surface area (Å²) in [5.41, 5.74) is 17.0. The topological polar surface area (TPSA) is 52.1 Å². The molecule has 0 radical (unpaired) electrons. The van der Waals surface area contributed by atoms with Gasteiger partial charge in [-0.25, -0.2) is 4.98 Å². The van der Waals surface area contributed by atoms with Gasteiger partial charge in [0.05, 0.1) is 22.9 Å². The number of nitrogens with zero attached hydrogens (tertiary/aromatic N) is 2. The minimum absolute atomic E-state index is 0.0539. The second kappa shape index (κ2) is 11.7. The van der Waals surface area contributed by atoms with E-state index in [-0.39, 0.29) is 5.41 Å². The van der Waals surface area contributed by atoms with Crippen molar-refractivity contribution in [3.05, 3.63) is 181 Å². The Morgan fingerprint density at radius 2 is 0.898 bits per heavy atom. The summed E-state index contributed by atoms with van der Waals surface area (Å²) < 4.78 is 13.1. The van der Waals surface area contributed by atoms with E-state index in [0.29, 0.717) is 0 Å². The van der Waals surface area contributed by atoms with E-state index < -0.39 is 0 Å². The molecule has 0 saturated carbocycles. The molecule has 4 heteroatoms. The van der Waals surface area contributed by atoms with Gasteiger partial charge in [-0.15, -0.1) is 0 Å². The van der Waals surface area contributed by atoms with Gasteiger partial charge in [-0.2, -0.15) is 0 Å². The second-order valence-electron chi connectivity index (χ2n) is 16.5. The van der Waals surface area contributed by atoms with Gasteiger partial charge >= 0.3 is 0 Å². The maximum absolute atomic E-state index is 6.53. The van der Waals surface area contributed by atoms with E-state index in [1.165, 1.54) is 44.2 Å². The fourth-order valence-corrected chi connectivity index (χ4v) is 9.91. The Morgan fingerprint density at radius 3 is 1.59 bits per heavy atom. The zero-order valence-electron chi connectivity index (χ0n) is 32.4. The molecular formula is C55H34N2O2. The molecule has 13 rings (SSSR count). The van der Waals surface area contributed by atoms with Crippen LogP contribution in [-0.2, 0) is 5.41 Å². The Labute approximate surface area is 339 Å². The maximum Gasteiger partial charge on any atom is 0.136 e. The molecule has 0 spiro atoms. The first-order chi connectivity index (χ1) is 29.0.